The van der Waals surface area contributed by atoms with Crippen LogP contribution in [0.15, 0.2) is 11.6 Å². The highest BCUT2D eigenvalue weighted by molar-refractivity contribution is 7.88. The van der Waals surface area contributed by atoms with Crippen LogP contribution in [-0.4, -0.2) is 40.1 Å². The van der Waals surface area contributed by atoms with Gasteiger partial charge >= 0.3 is 27.6 Å². The lowest BCUT2D eigenvalue weighted by Crippen LogP contribution is -2.29. The van der Waals surface area contributed by atoms with E-state index in [1.54, 1.807) is 13.0 Å². The quantitative estimate of drug-likeness (QED) is 0.245. The number of benzene rings is 1. The average molecular weight is 492 g/mol. The molecule has 1 aliphatic carbocycles. The van der Waals surface area contributed by atoms with E-state index in [4.69, 9.17) is 14.2 Å². The second kappa shape index (κ2) is 9.24. The Morgan fingerprint density at radius 1 is 1.24 bits per heavy atom. The van der Waals surface area contributed by atoms with Gasteiger partial charge in [-0.1, -0.05) is 11.6 Å². The van der Waals surface area contributed by atoms with Crippen LogP contribution in [-0.2, 0) is 37.4 Å². The third-order valence-corrected chi connectivity index (χ3v) is 6.81. The summed E-state index contributed by atoms with van der Waals surface area (Å²) in [4.78, 5) is 24.0. The number of carbonyl (C=O) groups excluding carboxylic acids is 2. The number of hydrogen-bond acceptors (Lipinski definition) is 8. The number of allylic oxidation sites excluding steroid dienone is 2. The first-order valence-corrected chi connectivity index (χ1v) is 11.5. The van der Waals surface area contributed by atoms with Crippen LogP contribution in [0.4, 0.5) is 13.2 Å². The minimum absolute atomic E-state index is 0.0309. The summed E-state index contributed by atoms with van der Waals surface area (Å²) in [5.74, 6) is -2.14. The van der Waals surface area contributed by atoms with Gasteiger partial charge in [0.1, 0.15) is 17.9 Å². The van der Waals surface area contributed by atoms with E-state index >= 15 is 0 Å². The first-order valence-electron chi connectivity index (χ1n) is 10.1. The van der Waals surface area contributed by atoms with Crippen LogP contribution in [0.5, 0.6) is 11.5 Å². The maximum absolute atomic E-state index is 13.1. The molecule has 1 fully saturated rings. The van der Waals surface area contributed by atoms with Crippen molar-refractivity contribution in [3.63, 3.8) is 0 Å². The molecule has 3 rings (SSSR count). The maximum atomic E-state index is 13.1. The standard InChI is InChI=1S/C21H23F3O8S/c1-11-15-10-31-20(26)17(15)19(32-33(27,28)21(22,23)24)14(18(11)30-3)8-7-12-5-4-6-13(12)9-16(25)29-2/h7,13H,4-6,8-10H2,1-3H3/b12-7+/t13-/m0/s1. The molecular weight excluding hydrogens is 469 g/mol. The summed E-state index contributed by atoms with van der Waals surface area (Å²) in [7, 11) is -3.51. The Balaban J connectivity index is 2.12. The number of esters is 2. The molecule has 1 heterocycles. The molecule has 182 valence electrons. The molecule has 0 spiro atoms. The monoisotopic (exact) mass is 492 g/mol. The van der Waals surface area contributed by atoms with Gasteiger partial charge in [-0.3, -0.25) is 4.79 Å². The van der Waals surface area contributed by atoms with E-state index in [9.17, 15) is 31.2 Å². The summed E-state index contributed by atoms with van der Waals surface area (Å²) < 4.78 is 82.4. The first kappa shape index (κ1) is 24.9. The molecule has 1 aliphatic heterocycles. The van der Waals surface area contributed by atoms with Crippen molar-refractivity contribution < 1.29 is 49.6 Å². The van der Waals surface area contributed by atoms with E-state index < -0.39 is 27.3 Å². The zero-order valence-electron chi connectivity index (χ0n) is 18.2. The predicted octanol–water partition coefficient (Wildman–Crippen LogP) is 3.73. The Hall–Kier alpha value is -2.76. The van der Waals surface area contributed by atoms with Crippen LogP contribution >= 0.6 is 0 Å². The lowest BCUT2D eigenvalue weighted by molar-refractivity contribution is -0.141. The number of fused-ring (bicyclic) bond motifs is 1. The molecule has 0 amide bonds. The van der Waals surface area contributed by atoms with Crippen LogP contribution in [0.3, 0.4) is 0 Å². The van der Waals surface area contributed by atoms with Gasteiger partial charge in [-0.25, -0.2) is 4.79 Å². The number of ether oxygens (including phenoxy) is 3. The van der Waals surface area contributed by atoms with E-state index in [1.165, 1.54) is 14.2 Å². The lowest BCUT2D eigenvalue weighted by atomic mass is 9.93. The number of carbonyl (C=O) groups is 2. The number of hydrogen-bond donors (Lipinski definition) is 0. The number of halogens is 3. The summed E-state index contributed by atoms with van der Waals surface area (Å²) in [6.45, 7) is 1.34. The van der Waals surface area contributed by atoms with Crippen molar-refractivity contribution in [1.82, 2.24) is 0 Å². The molecule has 2 aliphatic rings. The van der Waals surface area contributed by atoms with Gasteiger partial charge in [-0.15, -0.1) is 0 Å². The predicted molar refractivity (Wildman–Crippen MR) is 108 cm³/mol. The Morgan fingerprint density at radius 3 is 2.55 bits per heavy atom. The molecule has 33 heavy (non-hydrogen) atoms. The van der Waals surface area contributed by atoms with Gasteiger partial charge in [0.25, 0.3) is 0 Å². The van der Waals surface area contributed by atoms with Crippen LogP contribution < -0.4 is 8.92 Å². The van der Waals surface area contributed by atoms with E-state index in [2.05, 4.69) is 4.18 Å². The Morgan fingerprint density at radius 2 is 1.94 bits per heavy atom. The van der Waals surface area contributed by atoms with Crippen molar-refractivity contribution in [2.75, 3.05) is 14.2 Å². The third-order valence-electron chi connectivity index (χ3n) is 5.85. The zero-order chi connectivity index (χ0) is 24.6. The highest BCUT2D eigenvalue weighted by Gasteiger charge is 2.50. The second-order valence-electron chi connectivity index (χ2n) is 7.73. The molecule has 1 aromatic rings. The molecule has 0 bridgehead atoms. The van der Waals surface area contributed by atoms with Crippen molar-refractivity contribution in [3.8, 4) is 11.5 Å². The fraction of sp³-hybridized carbons (Fsp3) is 0.524. The van der Waals surface area contributed by atoms with E-state index in [0.717, 1.165) is 18.4 Å². The maximum Gasteiger partial charge on any atom is 0.534 e. The van der Waals surface area contributed by atoms with Gasteiger partial charge in [0.2, 0.25) is 0 Å². The minimum atomic E-state index is -6.07. The SMILES string of the molecule is COC(=O)C[C@@H]1CCC/C1=C\Cc1c(OC)c(C)c2c(c1OS(=O)(=O)C(F)(F)F)C(=O)OC2. The van der Waals surface area contributed by atoms with Crippen molar-refractivity contribution in [2.45, 2.75) is 51.1 Å². The van der Waals surface area contributed by atoms with Gasteiger partial charge in [0.05, 0.1) is 20.6 Å². The first-order chi connectivity index (χ1) is 15.4. The Bertz CT molecular complexity index is 1110. The molecule has 8 nitrogen and oxygen atoms in total. The average Bonchev–Trinajstić information content (AvgIpc) is 3.34. The fourth-order valence-electron chi connectivity index (χ4n) is 4.22. The van der Waals surface area contributed by atoms with Crippen LogP contribution in [0.2, 0.25) is 0 Å². The largest absolute Gasteiger partial charge is 0.534 e. The summed E-state index contributed by atoms with van der Waals surface area (Å²) in [6, 6.07) is 0. The van der Waals surface area contributed by atoms with Crippen molar-refractivity contribution in [2.24, 2.45) is 5.92 Å². The molecule has 0 unspecified atom stereocenters. The minimum Gasteiger partial charge on any atom is -0.496 e. The van der Waals surface area contributed by atoms with Crippen molar-refractivity contribution in [3.05, 3.63) is 33.9 Å². The smallest absolute Gasteiger partial charge is 0.496 e. The topological polar surface area (TPSA) is 105 Å². The normalized spacial score (nSPS) is 19.4. The van der Waals surface area contributed by atoms with Gasteiger partial charge in [-0.05, 0) is 44.1 Å². The summed E-state index contributed by atoms with van der Waals surface area (Å²) in [6.07, 6.45) is 3.98. The molecular formula is C21H23F3O8S. The van der Waals surface area contributed by atoms with Crippen LogP contribution in [0.1, 0.15) is 52.7 Å². The Labute approximate surface area is 188 Å². The zero-order valence-corrected chi connectivity index (χ0v) is 19.0. The van der Waals surface area contributed by atoms with Crippen LogP contribution in [0.25, 0.3) is 0 Å². The summed E-state index contributed by atoms with van der Waals surface area (Å²) in [5, 5.41) is 0. The highest BCUT2D eigenvalue weighted by Crippen LogP contribution is 2.45. The summed E-state index contributed by atoms with van der Waals surface area (Å²) in [5.41, 5.74) is -4.59. The Kier molecular flexibility index (Phi) is 6.96. The van der Waals surface area contributed by atoms with Crippen molar-refractivity contribution in [1.29, 1.82) is 0 Å². The molecule has 0 aromatic heterocycles. The number of cyclic esters (lactones) is 1. The second-order valence-corrected chi connectivity index (χ2v) is 9.27. The third kappa shape index (κ3) is 4.80. The van der Waals surface area contributed by atoms with Crippen molar-refractivity contribution >= 4 is 22.1 Å². The van der Waals surface area contributed by atoms with Gasteiger partial charge < -0.3 is 18.4 Å². The molecule has 0 radical (unpaired) electrons. The molecule has 1 saturated carbocycles. The number of rotatable bonds is 7. The van der Waals surface area contributed by atoms with E-state index in [0.29, 0.717) is 12.0 Å². The molecule has 12 heteroatoms. The van der Waals surface area contributed by atoms with E-state index in [1.807, 2.05) is 0 Å². The summed E-state index contributed by atoms with van der Waals surface area (Å²) >= 11 is 0. The highest BCUT2D eigenvalue weighted by atomic mass is 32.2. The number of methoxy groups -OCH3 is 2. The molecule has 0 saturated heterocycles. The molecule has 1 aromatic carbocycles. The van der Waals surface area contributed by atoms with Gasteiger partial charge in [-0.2, -0.15) is 21.6 Å². The molecule has 0 N–H and O–H groups in total. The van der Waals surface area contributed by atoms with Gasteiger partial charge in [0.15, 0.2) is 5.75 Å². The fourth-order valence-corrected chi connectivity index (χ4v) is 4.72. The van der Waals surface area contributed by atoms with Gasteiger partial charge in [0, 0.05) is 11.1 Å². The van der Waals surface area contributed by atoms with E-state index in [-0.39, 0.29) is 53.8 Å². The lowest BCUT2D eigenvalue weighted by Gasteiger charge is -2.20. The molecule has 1 atom stereocenters. The van der Waals surface area contributed by atoms with Crippen LogP contribution in [0, 0.1) is 12.8 Å². The number of alkyl halides is 3.